The zero-order chi connectivity index (χ0) is 13.9. The summed E-state index contributed by atoms with van der Waals surface area (Å²) in [5, 5.41) is 23.9. The highest BCUT2D eigenvalue weighted by Gasteiger charge is 2.20. The summed E-state index contributed by atoms with van der Waals surface area (Å²) < 4.78 is 1.67. The number of hydrogen-bond donors (Lipinski definition) is 3. The molecule has 7 nitrogen and oxygen atoms in total. The summed E-state index contributed by atoms with van der Waals surface area (Å²) in [5.41, 5.74) is 2.37. The van der Waals surface area contributed by atoms with Gasteiger partial charge in [-0.3, -0.25) is 9.48 Å². The van der Waals surface area contributed by atoms with Crippen LogP contribution in [0, 0.1) is 13.8 Å². The minimum absolute atomic E-state index is 0.0509. The Morgan fingerprint density at radius 2 is 2.06 bits per heavy atom. The molecule has 1 aromatic rings. The molecule has 0 aliphatic carbocycles. The summed E-state index contributed by atoms with van der Waals surface area (Å²) in [4.78, 5) is 22.3. The summed E-state index contributed by atoms with van der Waals surface area (Å²) in [6.45, 7) is 2.99. The molecule has 0 unspecified atom stereocenters. The van der Waals surface area contributed by atoms with Crippen LogP contribution < -0.4 is 5.32 Å². The largest absolute Gasteiger partial charge is 0.480 e. The first-order valence-electron chi connectivity index (χ1n) is 5.49. The fraction of sp³-hybridized carbons (Fsp3) is 0.545. The van der Waals surface area contributed by atoms with Crippen molar-refractivity contribution in [3.63, 3.8) is 0 Å². The van der Waals surface area contributed by atoms with Gasteiger partial charge in [-0.15, -0.1) is 0 Å². The molecule has 3 N–H and O–H groups in total. The number of nitrogens with zero attached hydrogens (tertiary/aromatic N) is 2. The van der Waals surface area contributed by atoms with Crippen molar-refractivity contribution >= 4 is 11.9 Å². The predicted octanol–water partition coefficient (Wildman–Crippen LogP) is -0.859. The molecule has 1 rings (SSSR count). The fourth-order valence-electron chi connectivity index (χ4n) is 1.66. The van der Waals surface area contributed by atoms with Crippen LogP contribution in [0.5, 0.6) is 0 Å². The molecule has 1 amide bonds. The second-order valence-electron chi connectivity index (χ2n) is 4.09. The zero-order valence-electron chi connectivity index (χ0n) is 10.6. The van der Waals surface area contributed by atoms with Gasteiger partial charge in [-0.25, -0.2) is 4.79 Å². The number of carboxylic acid groups (broad SMARTS) is 1. The van der Waals surface area contributed by atoms with E-state index in [4.69, 9.17) is 10.2 Å². The second kappa shape index (κ2) is 5.63. The Morgan fingerprint density at radius 3 is 2.44 bits per heavy atom. The van der Waals surface area contributed by atoms with Crippen molar-refractivity contribution in [3.05, 3.63) is 17.0 Å². The summed E-state index contributed by atoms with van der Waals surface area (Å²) in [6.07, 6.45) is 0.0509. The highest BCUT2D eigenvalue weighted by molar-refractivity contribution is 5.85. The van der Waals surface area contributed by atoms with Crippen LogP contribution in [0.1, 0.15) is 17.0 Å². The van der Waals surface area contributed by atoms with E-state index in [0.717, 1.165) is 17.0 Å². The van der Waals surface area contributed by atoms with E-state index in [1.54, 1.807) is 18.7 Å². The molecule has 7 heteroatoms. The Balaban J connectivity index is 2.73. The number of carbonyl (C=O) groups is 2. The van der Waals surface area contributed by atoms with E-state index >= 15 is 0 Å². The lowest BCUT2D eigenvalue weighted by Crippen LogP contribution is -2.44. The maximum atomic E-state index is 11.7. The maximum Gasteiger partial charge on any atom is 0.328 e. The van der Waals surface area contributed by atoms with E-state index in [1.165, 1.54) is 0 Å². The van der Waals surface area contributed by atoms with E-state index in [1.807, 2.05) is 6.92 Å². The fourth-order valence-corrected chi connectivity index (χ4v) is 1.66. The van der Waals surface area contributed by atoms with Crippen LogP contribution in [0.3, 0.4) is 0 Å². The first-order chi connectivity index (χ1) is 8.36. The summed E-state index contributed by atoms with van der Waals surface area (Å²) >= 11 is 0. The van der Waals surface area contributed by atoms with Gasteiger partial charge < -0.3 is 15.5 Å². The van der Waals surface area contributed by atoms with Crippen LogP contribution in [0.15, 0.2) is 0 Å². The number of carboxylic acids is 1. The molecule has 1 heterocycles. The maximum absolute atomic E-state index is 11.7. The predicted molar refractivity (Wildman–Crippen MR) is 63.0 cm³/mol. The number of carbonyl (C=O) groups excluding carboxylic acids is 1. The van der Waals surface area contributed by atoms with Crippen LogP contribution in [0.2, 0.25) is 0 Å². The third-order valence-corrected chi connectivity index (χ3v) is 2.81. The van der Waals surface area contributed by atoms with Gasteiger partial charge >= 0.3 is 5.97 Å². The Hall–Kier alpha value is -1.89. The molecule has 0 aromatic carbocycles. The monoisotopic (exact) mass is 255 g/mol. The minimum atomic E-state index is -1.27. The minimum Gasteiger partial charge on any atom is -0.480 e. The van der Waals surface area contributed by atoms with Gasteiger partial charge in [-0.05, 0) is 13.8 Å². The summed E-state index contributed by atoms with van der Waals surface area (Å²) in [5.74, 6) is -1.71. The Kier molecular flexibility index (Phi) is 4.43. The molecule has 0 spiro atoms. The number of nitrogens with one attached hydrogen (secondary N) is 1. The summed E-state index contributed by atoms with van der Waals surface area (Å²) in [7, 11) is 1.78. The highest BCUT2D eigenvalue weighted by Crippen LogP contribution is 2.12. The average Bonchev–Trinajstić information content (AvgIpc) is 2.52. The van der Waals surface area contributed by atoms with Gasteiger partial charge in [0.15, 0.2) is 0 Å². The molecule has 0 saturated carbocycles. The third kappa shape index (κ3) is 3.07. The van der Waals surface area contributed by atoms with E-state index in [0.29, 0.717) is 0 Å². The standard InChI is InChI=1S/C11H17N3O4/c1-6-8(7(2)14(3)13-6)4-10(16)12-9(5-15)11(17)18/h9,15H,4-5H2,1-3H3,(H,12,16)(H,17,18)/t9-/m1/s1. The van der Waals surface area contributed by atoms with Crippen molar-refractivity contribution < 1.29 is 19.8 Å². The van der Waals surface area contributed by atoms with E-state index in [2.05, 4.69) is 10.4 Å². The van der Waals surface area contributed by atoms with Crippen molar-refractivity contribution in [1.82, 2.24) is 15.1 Å². The normalized spacial score (nSPS) is 12.2. The number of aryl methyl sites for hydroxylation is 2. The topological polar surface area (TPSA) is 104 Å². The van der Waals surface area contributed by atoms with Crippen molar-refractivity contribution in [2.75, 3.05) is 6.61 Å². The lowest BCUT2D eigenvalue weighted by atomic mass is 10.1. The zero-order valence-corrected chi connectivity index (χ0v) is 10.6. The molecule has 0 radical (unpaired) electrons. The van der Waals surface area contributed by atoms with Crippen LogP contribution in [-0.4, -0.2) is 44.5 Å². The molecule has 0 aliphatic heterocycles. The Morgan fingerprint density at radius 1 is 1.44 bits per heavy atom. The second-order valence-corrected chi connectivity index (χ2v) is 4.09. The Bertz CT molecular complexity index is 467. The molecule has 0 fully saturated rings. The molecule has 0 saturated heterocycles. The van der Waals surface area contributed by atoms with Crippen molar-refractivity contribution in [1.29, 1.82) is 0 Å². The van der Waals surface area contributed by atoms with Crippen LogP contribution >= 0.6 is 0 Å². The lowest BCUT2D eigenvalue weighted by molar-refractivity contribution is -0.142. The number of aromatic nitrogens is 2. The van der Waals surface area contributed by atoms with Gasteiger partial charge in [0, 0.05) is 18.3 Å². The molecule has 18 heavy (non-hydrogen) atoms. The molecule has 1 atom stereocenters. The van der Waals surface area contributed by atoms with Gasteiger partial charge in [0.25, 0.3) is 0 Å². The van der Waals surface area contributed by atoms with Gasteiger partial charge in [0.2, 0.25) is 5.91 Å². The van der Waals surface area contributed by atoms with Gasteiger partial charge in [-0.1, -0.05) is 0 Å². The van der Waals surface area contributed by atoms with E-state index < -0.39 is 24.5 Å². The quantitative estimate of drug-likeness (QED) is 0.635. The van der Waals surface area contributed by atoms with Gasteiger partial charge in [0.05, 0.1) is 18.7 Å². The van der Waals surface area contributed by atoms with Crippen molar-refractivity contribution in [3.8, 4) is 0 Å². The molecular weight excluding hydrogens is 238 g/mol. The van der Waals surface area contributed by atoms with E-state index in [-0.39, 0.29) is 6.42 Å². The first-order valence-corrected chi connectivity index (χ1v) is 5.49. The molecular formula is C11H17N3O4. The van der Waals surface area contributed by atoms with Gasteiger partial charge in [0.1, 0.15) is 6.04 Å². The first kappa shape index (κ1) is 14.2. The number of hydrogen-bond acceptors (Lipinski definition) is 4. The summed E-state index contributed by atoms with van der Waals surface area (Å²) in [6, 6.07) is -1.27. The number of aliphatic hydroxyl groups is 1. The number of aliphatic carboxylic acids is 1. The molecule has 1 aromatic heterocycles. The smallest absolute Gasteiger partial charge is 0.328 e. The SMILES string of the molecule is Cc1nn(C)c(C)c1CC(=O)N[C@H](CO)C(=O)O. The molecule has 100 valence electrons. The molecule has 0 bridgehead atoms. The number of amides is 1. The third-order valence-electron chi connectivity index (χ3n) is 2.81. The lowest BCUT2D eigenvalue weighted by Gasteiger charge is -2.11. The van der Waals surface area contributed by atoms with Crippen LogP contribution in [0.25, 0.3) is 0 Å². The number of rotatable bonds is 5. The van der Waals surface area contributed by atoms with Crippen molar-refractivity contribution in [2.24, 2.45) is 7.05 Å². The van der Waals surface area contributed by atoms with E-state index in [9.17, 15) is 9.59 Å². The number of aliphatic hydroxyl groups excluding tert-OH is 1. The average molecular weight is 255 g/mol. The molecule has 0 aliphatic rings. The van der Waals surface area contributed by atoms with Crippen LogP contribution in [0.4, 0.5) is 0 Å². The van der Waals surface area contributed by atoms with Crippen LogP contribution in [-0.2, 0) is 23.1 Å². The Labute approximate surface area is 104 Å². The van der Waals surface area contributed by atoms with Crippen molar-refractivity contribution in [2.45, 2.75) is 26.3 Å². The highest BCUT2D eigenvalue weighted by atomic mass is 16.4. The van der Waals surface area contributed by atoms with Gasteiger partial charge in [-0.2, -0.15) is 5.10 Å².